The van der Waals surface area contributed by atoms with Crippen molar-refractivity contribution in [2.75, 3.05) is 13.2 Å². The van der Waals surface area contributed by atoms with E-state index in [0.29, 0.717) is 19.0 Å². The van der Waals surface area contributed by atoms with Crippen molar-refractivity contribution in [3.63, 3.8) is 0 Å². The second-order valence-corrected chi connectivity index (χ2v) is 8.23. The predicted octanol–water partition coefficient (Wildman–Crippen LogP) is 7.57. The van der Waals surface area contributed by atoms with Gasteiger partial charge in [-0.1, -0.05) is 64.0 Å². The van der Waals surface area contributed by atoms with E-state index in [-0.39, 0.29) is 0 Å². The van der Waals surface area contributed by atoms with Gasteiger partial charge in [0.2, 0.25) is 0 Å². The number of nitrogens with zero attached hydrogens (tertiary/aromatic N) is 2. The van der Waals surface area contributed by atoms with Gasteiger partial charge in [0.05, 0.1) is 19.4 Å². The van der Waals surface area contributed by atoms with Crippen LogP contribution in [0.15, 0.2) is 36.7 Å². The van der Waals surface area contributed by atoms with Gasteiger partial charge in [0.25, 0.3) is 0 Å². The molecule has 0 fully saturated rings. The standard InChI is InChI=1S/C26H39FN2O2/c1-3-4-5-6-7-8-9-11-18-30-25-16-14-23(15-17-25)24-20-28-26(29-21-24)31-19-12-10-13-22(2)27/h14-17,20-22H,3-13,18-19H2,1-2H3/t22-/m1/s1. The van der Waals surface area contributed by atoms with Crippen LogP contribution in [0.3, 0.4) is 0 Å². The van der Waals surface area contributed by atoms with E-state index in [1.807, 2.05) is 24.3 Å². The molecule has 2 rings (SSSR count). The van der Waals surface area contributed by atoms with Crippen molar-refractivity contribution in [3.8, 4) is 22.9 Å². The average Bonchev–Trinajstić information content (AvgIpc) is 2.78. The molecule has 0 aliphatic rings. The number of rotatable bonds is 17. The molecular formula is C26H39FN2O2. The molecule has 0 bridgehead atoms. The maximum absolute atomic E-state index is 12.8. The quantitative estimate of drug-likeness (QED) is 0.243. The summed E-state index contributed by atoms with van der Waals surface area (Å²) in [6, 6.07) is 8.41. The fraction of sp³-hybridized carbons (Fsp3) is 0.615. The van der Waals surface area contributed by atoms with Crippen LogP contribution in [0.4, 0.5) is 4.39 Å². The molecule has 5 heteroatoms. The number of ether oxygens (including phenoxy) is 2. The van der Waals surface area contributed by atoms with Crippen LogP contribution in [0.25, 0.3) is 11.1 Å². The summed E-state index contributed by atoms with van der Waals surface area (Å²) in [5.41, 5.74) is 1.98. The van der Waals surface area contributed by atoms with Crippen LogP contribution in [0, 0.1) is 0 Å². The summed E-state index contributed by atoms with van der Waals surface area (Å²) < 4.78 is 24.2. The Morgan fingerprint density at radius 1 is 0.742 bits per heavy atom. The summed E-state index contributed by atoms with van der Waals surface area (Å²) in [6.07, 6.45) is 15.4. The summed E-state index contributed by atoms with van der Waals surface area (Å²) >= 11 is 0. The summed E-state index contributed by atoms with van der Waals surface area (Å²) in [5.74, 6) is 0.898. The summed E-state index contributed by atoms with van der Waals surface area (Å²) in [4.78, 5) is 8.55. The van der Waals surface area contributed by atoms with E-state index in [1.165, 1.54) is 44.9 Å². The Labute approximate surface area is 187 Å². The third kappa shape index (κ3) is 11.1. The fourth-order valence-electron chi connectivity index (χ4n) is 3.40. The maximum atomic E-state index is 12.8. The van der Waals surface area contributed by atoms with E-state index in [1.54, 1.807) is 19.3 Å². The SMILES string of the molecule is CCCCCCCCCCOc1ccc(-c2cnc(OCCCC[C@@H](C)F)nc2)cc1. The first-order valence-electron chi connectivity index (χ1n) is 12.0. The number of aromatic nitrogens is 2. The zero-order valence-corrected chi connectivity index (χ0v) is 19.3. The third-order valence-electron chi connectivity index (χ3n) is 5.31. The van der Waals surface area contributed by atoms with Crippen LogP contribution in [0.1, 0.15) is 84.5 Å². The highest BCUT2D eigenvalue weighted by Crippen LogP contribution is 2.22. The van der Waals surface area contributed by atoms with Crippen LogP contribution < -0.4 is 9.47 Å². The zero-order valence-electron chi connectivity index (χ0n) is 19.3. The molecule has 0 N–H and O–H groups in total. The van der Waals surface area contributed by atoms with Crippen LogP contribution in [-0.2, 0) is 0 Å². The van der Waals surface area contributed by atoms with Crippen molar-refractivity contribution < 1.29 is 13.9 Å². The van der Waals surface area contributed by atoms with Crippen molar-refractivity contribution in [1.82, 2.24) is 9.97 Å². The first kappa shape index (κ1) is 25.1. The Morgan fingerprint density at radius 2 is 1.32 bits per heavy atom. The zero-order chi connectivity index (χ0) is 22.2. The van der Waals surface area contributed by atoms with E-state index in [0.717, 1.165) is 42.7 Å². The number of benzene rings is 1. The molecule has 2 aromatic rings. The van der Waals surface area contributed by atoms with Crippen LogP contribution in [0.5, 0.6) is 11.8 Å². The molecule has 1 heterocycles. The normalized spacial score (nSPS) is 12.0. The minimum Gasteiger partial charge on any atom is -0.494 e. The Kier molecular flexibility index (Phi) is 12.6. The molecule has 0 radical (unpaired) electrons. The summed E-state index contributed by atoms with van der Waals surface area (Å²) in [5, 5.41) is 0. The fourth-order valence-corrected chi connectivity index (χ4v) is 3.40. The second-order valence-electron chi connectivity index (χ2n) is 8.23. The van der Waals surface area contributed by atoms with Gasteiger partial charge in [0, 0.05) is 18.0 Å². The van der Waals surface area contributed by atoms with Gasteiger partial charge in [-0.3, -0.25) is 0 Å². The minimum atomic E-state index is -0.752. The number of unbranched alkanes of at least 4 members (excludes halogenated alkanes) is 8. The summed E-state index contributed by atoms with van der Waals surface area (Å²) in [6.45, 7) is 5.12. The number of halogens is 1. The van der Waals surface area contributed by atoms with Gasteiger partial charge >= 0.3 is 6.01 Å². The monoisotopic (exact) mass is 430 g/mol. The van der Waals surface area contributed by atoms with Gasteiger partial charge < -0.3 is 9.47 Å². The molecule has 4 nitrogen and oxygen atoms in total. The lowest BCUT2D eigenvalue weighted by Crippen LogP contribution is -2.02. The summed E-state index contributed by atoms with van der Waals surface area (Å²) in [7, 11) is 0. The molecule has 1 aromatic heterocycles. The first-order chi connectivity index (χ1) is 15.2. The highest BCUT2D eigenvalue weighted by molar-refractivity contribution is 5.62. The van der Waals surface area contributed by atoms with E-state index in [4.69, 9.17) is 9.47 Å². The van der Waals surface area contributed by atoms with Crippen molar-refractivity contribution in [3.05, 3.63) is 36.7 Å². The molecule has 0 aliphatic heterocycles. The van der Waals surface area contributed by atoms with Gasteiger partial charge in [0.15, 0.2) is 0 Å². The van der Waals surface area contributed by atoms with Gasteiger partial charge in [-0.25, -0.2) is 14.4 Å². The van der Waals surface area contributed by atoms with Gasteiger partial charge in [-0.2, -0.15) is 0 Å². The van der Waals surface area contributed by atoms with Crippen molar-refractivity contribution in [2.24, 2.45) is 0 Å². The lowest BCUT2D eigenvalue weighted by Gasteiger charge is -2.08. The molecule has 1 aromatic carbocycles. The second kappa shape index (κ2) is 15.6. The van der Waals surface area contributed by atoms with Crippen LogP contribution in [0.2, 0.25) is 0 Å². The lowest BCUT2D eigenvalue weighted by molar-refractivity contribution is 0.268. The average molecular weight is 431 g/mol. The molecule has 0 amide bonds. The van der Waals surface area contributed by atoms with Crippen LogP contribution >= 0.6 is 0 Å². The number of alkyl halides is 1. The maximum Gasteiger partial charge on any atom is 0.316 e. The Hall–Kier alpha value is -2.17. The topological polar surface area (TPSA) is 44.2 Å². The molecule has 31 heavy (non-hydrogen) atoms. The molecule has 0 unspecified atom stereocenters. The number of hydrogen-bond donors (Lipinski definition) is 0. The van der Waals surface area contributed by atoms with Crippen molar-refractivity contribution >= 4 is 0 Å². The molecule has 172 valence electrons. The van der Waals surface area contributed by atoms with E-state index >= 15 is 0 Å². The largest absolute Gasteiger partial charge is 0.494 e. The van der Waals surface area contributed by atoms with E-state index < -0.39 is 6.17 Å². The Bertz CT molecular complexity index is 690. The van der Waals surface area contributed by atoms with Crippen molar-refractivity contribution in [2.45, 2.75) is 90.6 Å². The Morgan fingerprint density at radius 3 is 1.97 bits per heavy atom. The molecule has 0 saturated carbocycles. The van der Waals surface area contributed by atoms with Crippen molar-refractivity contribution in [1.29, 1.82) is 0 Å². The molecule has 0 saturated heterocycles. The molecular weight excluding hydrogens is 391 g/mol. The predicted molar refractivity (Wildman–Crippen MR) is 125 cm³/mol. The number of hydrogen-bond acceptors (Lipinski definition) is 4. The highest BCUT2D eigenvalue weighted by atomic mass is 19.1. The molecule has 0 aliphatic carbocycles. The van der Waals surface area contributed by atoms with Gasteiger partial charge in [0.1, 0.15) is 5.75 Å². The molecule has 0 spiro atoms. The highest BCUT2D eigenvalue weighted by Gasteiger charge is 2.03. The molecule has 1 atom stereocenters. The van der Waals surface area contributed by atoms with E-state index in [9.17, 15) is 4.39 Å². The smallest absolute Gasteiger partial charge is 0.316 e. The first-order valence-corrected chi connectivity index (χ1v) is 12.0. The minimum absolute atomic E-state index is 0.363. The Balaban J connectivity index is 1.63. The van der Waals surface area contributed by atoms with E-state index in [2.05, 4.69) is 16.9 Å². The third-order valence-corrected chi connectivity index (χ3v) is 5.31. The van der Waals surface area contributed by atoms with Gasteiger partial charge in [-0.15, -0.1) is 0 Å². The van der Waals surface area contributed by atoms with Gasteiger partial charge in [-0.05, 0) is 50.3 Å². The lowest BCUT2D eigenvalue weighted by atomic mass is 10.1. The van der Waals surface area contributed by atoms with Crippen LogP contribution in [-0.4, -0.2) is 29.4 Å².